The number of ketones is 1. The summed E-state index contributed by atoms with van der Waals surface area (Å²) in [6.07, 6.45) is 1.81. The molecule has 1 aromatic heterocycles. The molecule has 32 heavy (non-hydrogen) atoms. The summed E-state index contributed by atoms with van der Waals surface area (Å²) in [6.45, 7) is 4.94. The lowest BCUT2D eigenvalue weighted by molar-refractivity contribution is 0.0312. The van der Waals surface area contributed by atoms with Crippen molar-refractivity contribution < 1.29 is 33.3 Å². The molecule has 0 saturated heterocycles. The van der Waals surface area contributed by atoms with Crippen LogP contribution >= 0.6 is 0 Å². The number of carbonyl (C=O) groups is 2. The highest BCUT2D eigenvalue weighted by atomic mass is 16.6. The van der Waals surface area contributed by atoms with Crippen molar-refractivity contribution in [2.75, 3.05) is 41.2 Å². The Bertz CT molecular complexity index is 954. The van der Waals surface area contributed by atoms with Gasteiger partial charge >= 0.3 is 5.97 Å². The molecule has 1 aromatic carbocycles. The van der Waals surface area contributed by atoms with E-state index in [1.165, 1.54) is 0 Å². The van der Waals surface area contributed by atoms with E-state index >= 15 is 0 Å². The van der Waals surface area contributed by atoms with Crippen molar-refractivity contribution in [1.82, 2.24) is 4.98 Å². The Hall–Kier alpha value is -3.00. The third-order valence-electron chi connectivity index (χ3n) is 5.66. The Labute approximate surface area is 188 Å². The average Bonchev–Trinajstić information content (AvgIpc) is 3.14. The lowest BCUT2D eigenvalue weighted by Gasteiger charge is -2.24. The number of benzene rings is 1. The minimum atomic E-state index is -0.478. The number of H-pyrrole nitrogens is 1. The number of ether oxygens (including phenoxy) is 5. The first-order chi connectivity index (χ1) is 15.4. The van der Waals surface area contributed by atoms with Crippen LogP contribution in [0.25, 0.3) is 0 Å². The molecule has 1 aliphatic carbocycles. The summed E-state index contributed by atoms with van der Waals surface area (Å²) in [7, 11) is 4.67. The first kappa shape index (κ1) is 23.7. The van der Waals surface area contributed by atoms with Crippen LogP contribution < -0.4 is 14.2 Å². The van der Waals surface area contributed by atoms with Gasteiger partial charge in [0.2, 0.25) is 5.75 Å². The van der Waals surface area contributed by atoms with Gasteiger partial charge in [0, 0.05) is 24.3 Å². The number of esters is 1. The SMILES string of the molecule is CCCOCCOC(=O)c1[nH]c2c(c1C)C(=O)C[C@@H](c1cc(OC)c(OC)c(OC)c1)C2. The molecular formula is C24H31NO7. The highest BCUT2D eigenvalue weighted by Gasteiger charge is 2.33. The summed E-state index contributed by atoms with van der Waals surface area (Å²) in [5.41, 5.74) is 3.19. The molecule has 1 N–H and O–H groups in total. The molecule has 1 heterocycles. The van der Waals surface area contributed by atoms with Crippen molar-refractivity contribution in [2.24, 2.45) is 0 Å². The molecule has 0 saturated carbocycles. The Kier molecular flexibility index (Phi) is 7.80. The summed E-state index contributed by atoms with van der Waals surface area (Å²) < 4.78 is 27.0. The van der Waals surface area contributed by atoms with Crippen LogP contribution in [0, 0.1) is 6.92 Å². The van der Waals surface area contributed by atoms with Crippen LogP contribution in [0.4, 0.5) is 0 Å². The van der Waals surface area contributed by atoms with E-state index in [0.717, 1.165) is 17.7 Å². The van der Waals surface area contributed by atoms with Gasteiger partial charge in [0.05, 0.1) is 27.9 Å². The van der Waals surface area contributed by atoms with Crippen LogP contribution in [-0.4, -0.2) is 57.9 Å². The number of fused-ring (bicyclic) bond motifs is 1. The van der Waals surface area contributed by atoms with Crippen LogP contribution in [0.15, 0.2) is 12.1 Å². The van der Waals surface area contributed by atoms with E-state index in [4.69, 9.17) is 23.7 Å². The molecular weight excluding hydrogens is 414 g/mol. The molecule has 1 atom stereocenters. The van der Waals surface area contributed by atoms with Gasteiger partial charge in [-0.1, -0.05) is 6.92 Å². The van der Waals surface area contributed by atoms with Crippen molar-refractivity contribution in [3.63, 3.8) is 0 Å². The number of rotatable bonds is 10. The van der Waals surface area contributed by atoms with E-state index in [9.17, 15) is 9.59 Å². The largest absolute Gasteiger partial charge is 0.493 e. The number of nitrogens with one attached hydrogen (secondary N) is 1. The number of aromatic nitrogens is 1. The summed E-state index contributed by atoms with van der Waals surface area (Å²) in [4.78, 5) is 28.7. The maximum Gasteiger partial charge on any atom is 0.355 e. The molecule has 3 rings (SSSR count). The number of hydrogen-bond donors (Lipinski definition) is 1. The zero-order valence-electron chi connectivity index (χ0n) is 19.3. The summed E-state index contributed by atoms with van der Waals surface area (Å²) in [6, 6.07) is 3.73. The fraction of sp³-hybridized carbons (Fsp3) is 0.500. The van der Waals surface area contributed by atoms with Crippen LogP contribution in [0.2, 0.25) is 0 Å². The van der Waals surface area contributed by atoms with Gasteiger partial charge in [-0.2, -0.15) is 0 Å². The van der Waals surface area contributed by atoms with Gasteiger partial charge in [0.25, 0.3) is 0 Å². The van der Waals surface area contributed by atoms with Crippen molar-refractivity contribution in [1.29, 1.82) is 0 Å². The Morgan fingerprint density at radius 1 is 1.03 bits per heavy atom. The zero-order chi connectivity index (χ0) is 23.3. The van der Waals surface area contributed by atoms with E-state index in [1.54, 1.807) is 28.3 Å². The van der Waals surface area contributed by atoms with E-state index < -0.39 is 5.97 Å². The van der Waals surface area contributed by atoms with E-state index in [1.807, 2.05) is 19.1 Å². The van der Waals surface area contributed by atoms with Gasteiger partial charge in [0.1, 0.15) is 12.3 Å². The topological polar surface area (TPSA) is 96.1 Å². The minimum Gasteiger partial charge on any atom is -0.493 e. The van der Waals surface area contributed by atoms with Crippen molar-refractivity contribution >= 4 is 11.8 Å². The van der Waals surface area contributed by atoms with E-state index in [2.05, 4.69) is 4.98 Å². The van der Waals surface area contributed by atoms with Crippen molar-refractivity contribution in [2.45, 2.75) is 39.0 Å². The second-order valence-corrected chi connectivity index (χ2v) is 7.71. The Morgan fingerprint density at radius 3 is 2.31 bits per heavy atom. The van der Waals surface area contributed by atoms with E-state index in [0.29, 0.717) is 60.1 Å². The van der Waals surface area contributed by atoms with Crippen LogP contribution in [0.1, 0.15) is 63.4 Å². The normalized spacial score (nSPS) is 15.3. The molecule has 0 radical (unpaired) electrons. The third kappa shape index (κ3) is 4.75. The average molecular weight is 446 g/mol. The monoisotopic (exact) mass is 445 g/mol. The number of methoxy groups -OCH3 is 3. The highest BCUT2D eigenvalue weighted by molar-refractivity contribution is 6.03. The lowest BCUT2D eigenvalue weighted by Crippen LogP contribution is -2.19. The molecule has 0 unspecified atom stereocenters. The van der Waals surface area contributed by atoms with Gasteiger partial charge in [-0.05, 0) is 48.9 Å². The highest BCUT2D eigenvalue weighted by Crippen LogP contribution is 2.43. The molecule has 8 nitrogen and oxygen atoms in total. The molecule has 0 fully saturated rings. The number of Topliss-reactive ketones (excluding diaryl/α,β-unsaturated/α-hetero) is 1. The van der Waals surface area contributed by atoms with Crippen molar-refractivity contribution in [3.8, 4) is 17.2 Å². The Balaban J connectivity index is 1.82. The van der Waals surface area contributed by atoms with Gasteiger partial charge < -0.3 is 28.7 Å². The van der Waals surface area contributed by atoms with Crippen molar-refractivity contribution in [3.05, 3.63) is 40.2 Å². The van der Waals surface area contributed by atoms with Crippen LogP contribution in [-0.2, 0) is 15.9 Å². The Morgan fingerprint density at radius 2 is 1.72 bits per heavy atom. The van der Waals surface area contributed by atoms with E-state index in [-0.39, 0.29) is 18.3 Å². The van der Waals surface area contributed by atoms with Gasteiger partial charge in [-0.15, -0.1) is 0 Å². The maximum absolute atomic E-state index is 13.0. The minimum absolute atomic E-state index is 0.0101. The number of aromatic amines is 1. The molecule has 1 aliphatic rings. The fourth-order valence-electron chi connectivity index (χ4n) is 4.12. The number of carbonyl (C=O) groups excluding carboxylic acids is 2. The molecule has 0 spiro atoms. The molecule has 0 bridgehead atoms. The zero-order valence-corrected chi connectivity index (χ0v) is 19.3. The quantitative estimate of drug-likeness (QED) is 0.438. The molecule has 2 aromatic rings. The summed E-state index contributed by atoms with van der Waals surface area (Å²) in [5.74, 6) is 1.01. The maximum atomic E-state index is 13.0. The lowest BCUT2D eigenvalue weighted by atomic mass is 9.81. The smallest absolute Gasteiger partial charge is 0.355 e. The predicted octanol–water partition coefficient (Wildman–Crippen LogP) is 3.85. The molecule has 8 heteroatoms. The third-order valence-corrected chi connectivity index (χ3v) is 5.66. The molecule has 174 valence electrons. The second kappa shape index (κ2) is 10.5. The first-order valence-electron chi connectivity index (χ1n) is 10.7. The van der Waals surface area contributed by atoms with Gasteiger partial charge in [0.15, 0.2) is 17.3 Å². The van der Waals surface area contributed by atoms with Crippen LogP contribution in [0.3, 0.4) is 0 Å². The molecule has 0 aliphatic heterocycles. The standard InChI is InChI=1S/C24H31NO7/c1-6-7-31-8-9-32-24(27)22-14(2)21-17(25-22)10-15(11-18(21)26)16-12-19(28-3)23(30-5)20(13-16)29-4/h12-13,15,25H,6-11H2,1-5H3/t15-/m0/s1. The predicted molar refractivity (Wildman–Crippen MR) is 118 cm³/mol. The number of hydrogen-bond acceptors (Lipinski definition) is 7. The fourth-order valence-corrected chi connectivity index (χ4v) is 4.12. The first-order valence-corrected chi connectivity index (χ1v) is 10.7. The summed E-state index contributed by atoms with van der Waals surface area (Å²) in [5, 5.41) is 0. The molecule has 0 amide bonds. The van der Waals surface area contributed by atoms with Gasteiger partial charge in [-0.25, -0.2) is 4.79 Å². The second-order valence-electron chi connectivity index (χ2n) is 7.71. The summed E-state index contributed by atoms with van der Waals surface area (Å²) >= 11 is 0. The van der Waals surface area contributed by atoms with Gasteiger partial charge in [-0.3, -0.25) is 4.79 Å². The van der Waals surface area contributed by atoms with Crippen LogP contribution in [0.5, 0.6) is 17.2 Å².